The minimum atomic E-state index is 0.294. The zero-order valence-corrected chi connectivity index (χ0v) is 20.9. The van der Waals surface area contributed by atoms with Crippen LogP contribution in [0.2, 0.25) is 0 Å². The summed E-state index contributed by atoms with van der Waals surface area (Å²) < 4.78 is 0. The molecule has 2 atom stereocenters. The van der Waals surface area contributed by atoms with Gasteiger partial charge in [0, 0.05) is 23.5 Å². The molecule has 0 aromatic heterocycles. The van der Waals surface area contributed by atoms with Gasteiger partial charge in [-0.3, -0.25) is 0 Å². The third kappa shape index (κ3) is 5.59. The van der Waals surface area contributed by atoms with Crippen molar-refractivity contribution in [3.8, 4) is 0 Å². The van der Waals surface area contributed by atoms with Gasteiger partial charge in [0.05, 0.1) is 0 Å². The smallest absolute Gasteiger partial charge is 0.0432 e. The molecule has 166 valence electrons. The third-order valence-corrected chi connectivity index (χ3v) is 6.24. The average molecular weight is 409 g/mol. The van der Waals surface area contributed by atoms with E-state index in [1.165, 1.54) is 33.6 Å². The predicted molar refractivity (Wildman–Crippen MR) is 135 cm³/mol. The summed E-state index contributed by atoms with van der Waals surface area (Å²) in [6.45, 7) is 22.9. The summed E-state index contributed by atoms with van der Waals surface area (Å²) in [6, 6.07) is 14.1. The quantitative estimate of drug-likeness (QED) is 0.434. The van der Waals surface area contributed by atoms with E-state index in [0.29, 0.717) is 35.8 Å². The summed E-state index contributed by atoms with van der Waals surface area (Å²) in [5, 5.41) is 7.79. The first-order chi connectivity index (χ1) is 14.0. The Kier molecular flexibility index (Phi) is 8.41. The number of benzene rings is 2. The number of para-hydroxylation sites is 2. The predicted octanol–water partition coefficient (Wildman–Crippen LogP) is 8.48. The molecule has 2 nitrogen and oxygen atoms in total. The first kappa shape index (κ1) is 24.3. The molecule has 0 amide bonds. The summed E-state index contributed by atoms with van der Waals surface area (Å²) in [6.07, 6.45) is 0. The highest BCUT2D eigenvalue weighted by atomic mass is 15.0. The number of nitrogens with one attached hydrogen (secondary N) is 2. The first-order valence-corrected chi connectivity index (χ1v) is 11.8. The molecule has 2 aromatic carbocycles. The van der Waals surface area contributed by atoms with Gasteiger partial charge >= 0.3 is 0 Å². The Morgan fingerprint density at radius 2 is 0.667 bits per heavy atom. The molecule has 2 aromatic rings. The van der Waals surface area contributed by atoms with Crippen LogP contribution in [0.1, 0.15) is 115 Å². The van der Waals surface area contributed by atoms with E-state index in [4.69, 9.17) is 0 Å². The minimum Gasteiger partial charge on any atom is -0.380 e. The molecule has 2 unspecified atom stereocenters. The highest BCUT2D eigenvalue weighted by Crippen LogP contribution is 2.35. The van der Waals surface area contributed by atoms with Gasteiger partial charge in [0.25, 0.3) is 0 Å². The van der Waals surface area contributed by atoms with Gasteiger partial charge in [0.2, 0.25) is 0 Å². The monoisotopic (exact) mass is 408 g/mol. The van der Waals surface area contributed by atoms with Gasteiger partial charge in [-0.05, 0) is 59.8 Å². The van der Waals surface area contributed by atoms with Crippen LogP contribution in [0.5, 0.6) is 0 Å². The van der Waals surface area contributed by atoms with Crippen LogP contribution < -0.4 is 10.6 Å². The minimum absolute atomic E-state index is 0.294. The first-order valence-electron chi connectivity index (χ1n) is 11.8. The molecule has 0 aliphatic heterocycles. The lowest BCUT2D eigenvalue weighted by atomic mass is 9.91. The van der Waals surface area contributed by atoms with Crippen molar-refractivity contribution in [1.29, 1.82) is 0 Å². The van der Waals surface area contributed by atoms with Crippen molar-refractivity contribution in [3.63, 3.8) is 0 Å². The Hall–Kier alpha value is -1.96. The number of hydrogen-bond acceptors (Lipinski definition) is 2. The maximum atomic E-state index is 3.90. The second-order valence-electron chi connectivity index (χ2n) is 10.1. The van der Waals surface area contributed by atoms with Crippen molar-refractivity contribution >= 4 is 11.4 Å². The van der Waals surface area contributed by atoms with Crippen LogP contribution in [0, 0.1) is 0 Å². The molecule has 0 aliphatic rings. The molecule has 2 N–H and O–H groups in total. The lowest BCUT2D eigenvalue weighted by Gasteiger charge is -2.31. The van der Waals surface area contributed by atoms with E-state index >= 15 is 0 Å². The molecule has 0 radical (unpaired) electrons. The molecule has 0 spiro atoms. The molecule has 0 bridgehead atoms. The highest BCUT2D eigenvalue weighted by Gasteiger charge is 2.21. The van der Waals surface area contributed by atoms with Gasteiger partial charge in [-0.15, -0.1) is 0 Å². The maximum absolute atomic E-state index is 3.90. The van der Waals surface area contributed by atoms with Gasteiger partial charge in [0.15, 0.2) is 0 Å². The van der Waals surface area contributed by atoms with Crippen molar-refractivity contribution in [2.45, 2.75) is 105 Å². The van der Waals surface area contributed by atoms with Crippen LogP contribution >= 0.6 is 0 Å². The van der Waals surface area contributed by atoms with Gasteiger partial charge < -0.3 is 10.6 Å². The van der Waals surface area contributed by atoms with E-state index in [2.05, 4.69) is 116 Å². The zero-order chi connectivity index (χ0) is 22.6. The maximum Gasteiger partial charge on any atom is 0.0432 e. The van der Waals surface area contributed by atoms with Gasteiger partial charge in [0.1, 0.15) is 0 Å². The van der Waals surface area contributed by atoms with E-state index in [1.807, 2.05) is 0 Å². The lowest BCUT2D eigenvalue weighted by Crippen LogP contribution is -2.36. The fourth-order valence-electron chi connectivity index (χ4n) is 4.14. The van der Waals surface area contributed by atoms with E-state index in [9.17, 15) is 0 Å². The van der Waals surface area contributed by atoms with E-state index in [-0.39, 0.29) is 0 Å². The van der Waals surface area contributed by atoms with Crippen LogP contribution in [0.15, 0.2) is 36.4 Å². The number of anilines is 2. The Bertz CT molecular complexity index is 695. The van der Waals surface area contributed by atoms with Crippen LogP contribution in [-0.4, -0.2) is 12.1 Å². The summed E-state index contributed by atoms with van der Waals surface area (Å²) in [5.74, 6) is 1.98. The summed E-state index contributed by atoms with van der Waals surface area (Å²) >= 11 is 0. The molecule has 0 aliphatic carbocycles. The van der Waals surface area contributed by atoms with Crippen molar-refractivity contribution in [1.82, 2.24) is 0 Å². The topological polar surface area (TPSA) is 24.1 Å². The van der Waals surface area contributed by atoms with Crippen LogP contribution in [0.25, 0.3) is 0 Å². The molecule has 0 saturated heterocycles. The van der Waals surface area contributed by atoms with Gasteiger partial charge in [-0.1, -0.05) is 91.8 Å². The standard InChI is InChI=1S/C28H44N2/c1-17(2)23-13-11-14-24(18(3)4)27(23)29-21(9)22(10)30-28-25(19(5)6)15-12-16-26(28)20(7)8/h11-22,29-30H,1-10H3. The molecule has 2 rings (SSSR count). The molecule has 0 heterocycles. The Labute approximate surface area is 185 Å². The summed E-state index contributed by atoms with van der Waals surface area (Å²) in [5.41, 5.74) is 8.28. The van der Waals surface area contributed by atoms with Crippen LogP contribution in [0.4, 0.5) is 11.4 Å². The molecular weight excluding hydrogens is 364 g/mol. The zero-order valence-electron chi connectivity index (χ0n) is 20.9. The van der Waals surface area contributed by atoms with E-state index < -0.39 is 0 Å². The number of rotatable bonds is 9. The third-order valence-electron chi connectivity index (χ3n) is 6.24. The van der Waals surface area contributed by atoms with Crippen molar-refractivity contribution in [2.75, 3.05) is 10.6 Å². The van der Waals surface area contributed by atoms with Crippen molar-refractivity contribution < 1.29 is 0 Å². The second kappa shape index (κ2) is 10.4. The number of hydrogen-bond donors (Lipinski definition) is 2. The van der Waals surface area contributed by atoms with Crippen molar-refractivity contribution in [2.24, 2.45) is 0 Å². The molecule has 0 fully saturated rings. The molecule has 30 heavy (non-hydrogen) atoms. The largest absolute Gasteiger partial charge is 0.380 e. The Morgan fingerprint density at radius 1 is 0.433 bits per heavy atom. The highest BCUT2D eigenvalue weighted by molar-refractivity contribution is 5.63. The van der Waals surface area contributed by atoms with Crippen molar-refractivity contribution in [3.05, 3.63) is 58.7 Å². The Morgan fingerprint density at radius 3 is 0.867 bits per heavy atom. The second-order valence-corrected chi connectivity index (χ2v) is 10.1. The normalized spacial score (nSPS) is 13.9. The lowest BCUT2D eigenvalue weighted by molar-refractivity contribution is 0.667. The fourth-order valence-corrected chi connectivity index (χ4v) is 4.14. The molecular formula is C28H44N2. The van der Waals surface area contributed by atoms with Gasteiger partial charge in [-0.2, -0.15) is 0 Å². The van der Waals surface area contributed by atoms with E-state index in [0.717, 1.165) is 0 Å². The Balaban J connectivity index is 2.34. The average Bonchev–Trinajstić information content (AvgIpc) is 2.67. The SMILES string of the molecule is CC(C)c1cccc(C(C)C)c1NC(C)C(C)Nc1c(C(C)C)cccc1C(C)C. The van der Waals surface area contributed by atoms with Crippen LogP contribution in [-0.2, 0) is 0 Å². The summed E-state index contributed by atoms with van der Waals surface area (Å²) in [4.78, 5) is 0. The molecule has 2 heteroatoms. The van der Waals surface area contributed by atoms with Crippen LogP contribution in [0.3, 0.4) is 0 Å². The fraction of sp³-hybridized carbons (Fsp3) is 0.571. The van der Waals surface area contributed by atoms with E-state index in [1.54, 1.807) is 0 Å². The van der Waals surface area contributed by atoms with Gasteiger partial charge in [-0.25, -0.2) is 0 Å². The molecule has 0 saturated carbocycles. The summed E-state index contributed by atoms with van der Waals surface area (Å²) in [7, 11) is 0.